The van der Waals surface area contributed by atoms with Gasteiger partial charge in [-0.3, -0.25) is 0 Å². The first-order valence-corrected chi connectivity index (χ1v) is 5.29. The monoisotopic (exact) mass is 237 g/mol. The van der Waals surface area contributed by atoms with Crippen molar-refractivity contribution in [3.8, 4) is 0 Å². The van der Waals surface area contributed by atoms with Gasteiger partial charge in [-0.25, -0.2) is 0 Å². The van der Waals surface area contributed by atoms with Crippen molar-refractivity contribution >= 4 is 0 Å². The highest BCUT2D eigenvalue weighted by Crippen LogP contribution is 2.00. The Bertz CT molecular complexity index is 163. The zero-order valence-electron chi connectivity index (χ0n) is 9.98. The Morgan fingerprint density at radius 2 is 1.88 bits per heavy atom. The van der Waals surface area contributed by atoms with Crippen molar-refractivity contribution < 1.29 is 24.8 Å². The molecule has 1 unspecified atom stereocenters. The van der Waals surface area contributed by atoms with Gasteiger partial charge in [0.1, 0.15) is 0 Å². The van der Waals surface area contributed by atoms with Crippen LogP contribution in [0.25, 0.3) is 0 Å². The first-order chi connectivity index (χ1) is 7.58. The first kappa shape index (κ1) is 15.8. The average molecular weight is 237 g/mol. The zero-order valence-corrected chi connectivity index (χ0v) is 9.98. The van der Waals surface area contributed by atoms with E-state index >= 15 is 0 Å². The van der Waals surface area contributed by atoms with Gasteiger partial charge in [0.25, 0.3) is 0 Å². The van der Waals surface area contributed by atoms with Crippen LogP contribution in [0.15, 0.2) is 0 Å². The minimum absolute atomic E-state index is 0.194. The summed E-state index contributed by atoms with van der Waals surface area (Å²) < 4.78 is 9.91. The highest BCUT2D eigenvalue weighted by Gasteiger charge is 2.22. The van der Waals surface area contributed by atoms with E-state index < -0.39 is 11.6 Å². The van der Waals surface area contributed by atoms with Gasteiger partial charge in [-0.1, -0.05) is 0 Å². The van der Waals surface area contributed by atoms with Crippen LogP contribution in [0.1, 0.15) is 6.92 Å². The maximum Gasteiger partial charge on any atom is 0.0897 e. The molecule has 0 aliphatic rings. The smallest absolute Gasteiger partial charge is 0.0897 e. The molecule has 16 heavy (non-hydrogen) atoms. The van der Waals surface area contributed by atoms with Crippen molar-refractivity contribution in [1.29, 1.82) is 0 Å². The summed E-state index contributed by atoms with van der Waals surface area (Å²) in [6.07, 6.45) is -0.672. The number of methoxy groups -OCH3 is 1. The number of nitrogens with one attached hydrogen (secondary N) is 1. The number of hydrogen-bond donors (Lipinski definition) is 4. The molecule has 1 atom stereocenters. The Morgan fingerprint density at radius 3 is 2.38 bits per heavy atom. The Hall–Kier alpha value is -0.240. The van der Waals surface area contributed by atoms with E-state index in [9.17, 15) is 5.11 Å². The molecule has 0 aromatic rings. The first-order valence-electron chi connectivity index (χ1n) is 5.29. The van der Waals surface area contributed by atoms with Crippen LogP contribution in [0.2, 0.25) is 0 Å². The van der Waals surface area contributed by atoms with E-state index in [1.54, 1.807) is 14.0 Å². The predicted molar refractivity (Wildman–Crippen MR) is 59.3 cm³/mol. The van der Waals surface area contributed by atoms with Gasteiger partial charge in [0.2, 0.25) is 0 Å². The molecule has 0 radical (unpaired) electrons. The molecular weight excluding hydrogens is 214 g/mol. The third-order valence-electron chi connectivity index (χ3n) is 2.20. The van der Waals surface area contributed by atoms with Gasteiger partial charge in [0.05, 0.1) is 44.7 Å². The highest BCUT2D eigenvalue weighted by atomic mass is 16.5. The SMILES string of the molecule is COCCOCC(O)CNC(C)(CO)CO. The summed E-state index contributed by atoms with van der Waals surface area (Å²) in [7, 11) is 1.58. The lowest BCUT2D eigenvalue weighted by molar-refractivity contribution is 0.00667. The maximum absolute atomic E-state index is 9.51. The second-order valence-electron chi connectivity index (χ2n) is 3.98. The molecule has 0 bridgehead atoms. The van der Waals surface area contributed by atoms with E-state index in [0.29, 0.717) is 13.2 Å². The maximum atomic E-state index is 9.51. The van der Waals surface area contributed by atoms with Crippen LogP contribution < -0.4 is 5.32 Å². The molecule has 0 rings (SSSR count). The van der Waals surface area contributed by atoms with Crippen LogP contribution in [0.5, 0.6) is 0 Å². The summed E-state index contributed by atoms with van der Waals surface area (Å²) in [5, 5.41) is 30.4. The van der Waals surface area contributed by atoms with E-state index in [1.807, 2.05) is 0 Å². The zero-order chi connectivity index (χ0) is 12.4. The van der Waals surface area contributed by atoms with Gasteiger partial charge in [-0.2, -0.15) is 0 Å². The molecule has 0 aliphatic carbocycles. The summed E-state index contributed by atoms with van der Waals surface area (Å²) in [5.74, 6) is 0. The van der Waals surface area contributed by atoms with E-state index in [2.05, 4.69) is 5.32 Å². The number of hydrogen-bond acceptors (Lipinski definition) is 6. The van der Waals surface area contributed by atoms with Crippen LogP contribution in [0.3, 0.4) is 0 Å². The normalized spacial score (nSPS) is 14.1. The van der Waals surface area contributed by atoms with Crippen LogP contribution in [-0.2, 0) is 9.47 Å². The quantitative estimate of drug-likeness (QED) is 0.340. The summed E-state index contributed by atoms with van der Waals surface area (Å²) in [6, 6.07) is 0. The number of rotatable bonds is 10. The fraction of sp³-hybridized carbons (Fsp3) is 1.00. The molecule has 4 N–H and O–H groups in total. The molecule has 0 aliphatic heterocycles. The van der Waals surface area contributed by atoms with Gasteiger partial charge in [-0.15, -0.1) is 0 Å². The van der Waals surface area contributed by atoms with Gasteiger partial charge >= 0.3 is 0 Å². The van der Waals surface area contributed by atoms with Crippen LogP contribution in [0, 0.1) is 0 Å². The third-order valence-corrected chi connectivity index (χ3v) is 2.20. The topological polar surface area (TPSA) is 91.2 Å². The molecule has 0 heterocycles. The Labute approximate surface area is 96.2 Å². The lowest BCUT2D eigenvalue weighted by Gasteiger charge is -2.27. The van der Waals surface area contributed by atoms with E-state index in [4.69, 9.17) is 19.7 Å². The molecule has 0 aromatic carbocycles. The molecule has 0 saturated heterocycles. The Balaban J connectivity index is 3.59. The number of ether oxygens (including phenoxy) is 2. The predicted octanol–water partition coefficient (Wildman–Crippen LogP) is -1.66. The van der Waals surface area contributed by atoms with Crippen molar-refractivity contribution in [3.05, 3.63) is 0 Å². The summed E-state index contributed by atoms with van der Waals surface area (Å²) in [5.41, 5.74) is -0.770. The minimum Gasteiger partial charge on any atom is -0.394 e. The van der Waals surface area contributed by atoms with Crippen molar-refractivity contribution in [2.75, 3.05) is 46.7 Å². The fourth-order valence-electron chi connectivity index (χ4n) is 0.947. The van der Waals surface area contributed by atoms with E-state index in [-0.39, 0.29) is 26.4 Å². The summed E-state index contributed by atoms with van der Waals surface area (Å²) >= 11 is 0. The minimum atomic E-state index is -0.770. The second-order valence-corrected chi connectivity index (χ2v) is 3.98. The highest BCUT2D eigenvalue weighted by molar-refractivity contribution is 4.82. The van der Waals surface area contributed by atoms with Crippen molar-refractivity contribution in [1.82, 2.24) is 5.32 Å². The van der Waals surface area contributed by atoms with Crippen molar-refractivity contribution in [3.63, 3.8) is 0 Å². The van der Waals surface area contributed by atoms with Gasteiger partial charge < -0.3 is 30.1 Å². The molecule has 0 fully saturated rings. The van der Waals surface area contributed by atoms with Crippen LogP contribution in [0.4, 0.5) is 0 Å². The number of aliphatic hydroxyl groups excluding tert-OH is 3. The molecule has 6 nitrogen and oxygen atoms in total. The van der Waals surface area contributed by atoms with E-state index in [0.717, 1.165) is 0 Å². The van der Waals surface area contributed by atoms with Gasteiger partial charge in [-0.05, 0) is 6.92 Å². The van der Waals surface area contributed by atoms with Crippen molar-refractivity contribution in [2.45, 2.75) is 18.6 Å². The van der Waals surface area contributed by atoms with E-state index in [1.165, 1.54) is 0 Å². The lowest BCUT2D eigenvalue weighted by Crippen LogP contribution is -2.52. The standard InChI is InChI=1S/C10H23NO5/c1-10(7-12,8-13)11-5-9(14)6-16-4-3-15-2/h9,11-14H,3-8H2,1-2H3. The second kappa shape index (κ2) is 8.86. The summed E-state index contributed by atoms with van der Waals surface area (Å²) in [6.45, 7) is 2.66. The molecule has 98 valence electrons. The molecule has 6 heteroatoms. The Kier molecular flexibility index (Phi) is 8.73. The number of β-amino-alcohol motifs (C(OH)–C–C–N with tert-alkyl or cyclic N) is 1. The van der Waals surface area contributed by atoms with Gasteiger partial charge in [0.15, 0.2) is 0 Å². The molecular formula is C10H23NO5. The average Bonchev–Trinajstić information content (AvgIpc) is 2.31. The molecule has 0 amide bonds. The van der Waals surface area contributed by atoms with Crippen molar-refractivity contribution in [2.24, 2.45) is 0 Å². The van der Waals surface area contributed by atoms with Crippen LogP contribution in [-0.4, -0.2) is 73.7 Å². The largest absolute Gasteiger partial charge is 0.394 e. The molecule has 0 aromatic heterocycles. The fourth-order valence-corrected chi connectivity index (χ4v) is 0.947. The summed E-state index contributed by atoms with van der Waals surface area (Å²) in [4.78, 5) is 0. The van der Waals surface area contributed by atoms with Crippen LogP contribution >= 0.6 is 0 Å². The molecule has 0 spiro atoms. The van der Waals surface area contributed by atoms with Gasteiger partial charge in [0, 0.05) is 13.7 Å². The lowest BCUT2D eigenvalue weighted by atomic mass is 10.1. The Morgan fingerprint density at radius 1 is 1.25 bits per heavy atom. The third kappa shape index (κ3) is 7.10. The number of aliphatic hydroxyl groups is 3. The molecule has 0 saturated carbocycles.